The number of carbonyl (C=O) groups excluding carboxylic acids is 2. The average molecular weight is 323 g/mol. The number of ether oxygens (including phenoxy) is 2. The van der Waals surface area contributed by atoms with Crippen LogP contribution in [0.15, 0.2) is 18.2 Å². The second kappa shape index (κ2) is 7.71. The van der Waals surface area contributed by atoms with Crippen LogP contribution in [0.4, 0.5) is 10.5 Å². The standard InChI is InChI=1S/C16H25N3O4/c1-10(14(20)18-15(21)19-16(2,3)4)17-12-8-7-11(22-5)9-13(12)23-6/h7-10,17H,1-6H3,(H2,18,19,20,21)/t10-/m1/s1. The second-order valence-electron chi connectivity index (χ2n) is 6.13. The van der Waals surface area contributed by atoms with Crippen molar-refractivity contribution in [3.8, 4) is 11.5 Å². The number of benzene rings is 1. The van der Waals surface area contributed by atoms with Crippen LogP contribution in [0.1, 0.15) is 27.7 Å². The van der Waals surface area contributed by atoms with Gasteiger partial charge in [0.1, 0.15) is 17.5 Å². The van der Waals surface area contributed by atoms with Crippen LogP contribution in [0.25, 0.3) is 0 Å². The maximum Gasteiger partial charge on any atom is 0.321 e. The van der Waals surface area contributed by atoms with E-state index in [1.807, 2.05) is 20.8 Å². The number of carbonyl (C=O) groups is 2. The number of nitrogens with one attached hydrogen (secondary N) is 3. The molecule has 1 aromatic carbocycles. The van der Waals surface area contributed by atoms with Gasteiger partial charge in [0.2, 0.25) is 5.91 Å². The lowest BCUT2D eigenvalue weighted by molar-refractivity contribution is -0.120. The lowest BCUT2D eigenvalue weighted by Crippen LogP contribution is -2.51. The molecule has 0 aliphatic carbocycles. The van der Waals surface area contributed by atoms with Crippen molar-refractivity contribution < 1.29 is 19.1 Å². The van der Waals surface area contributed by atoms with Crippen LogP contribution in [0.5, 0.6) is 11.5 Å². The van der Waals surface area contributed by atoms with Crippen LogP contribution >= 0.6 is 0 Å². The van der Waals surface area contributed by atoms with Crippen LogP contribution in [-0.2, 0) is 4.79 Å². The van der Waals surface area contributed by atoms with Crippen molar-refractivity contribution in [3.05, 3.63) is 18.2 Å². The van der Waals surface area contributed by atoms with Gasteiger partial charge in [-0.15, -0.1) is 0 Å². The van der Waals surface area contributed by atoms with Crippen LogP contribution in [-0.4, -0.2) is 37.7 Å². The van der Waals surface area contributed by atoms with Gasteiger partial charge < -0.3 is 20.1 Å². The number of rotatable bonds is 5. The highest BCUT2D eigenvalue weighted by Crippen LogP contribution is 2.29. The number of urea groups is 1. The highest BCUT2D eigenvalue weighted by molar-refractivity contribution is 5.98. The molecule has 7 nitrogen and oxygen atoms in total. The molecule has 0 unspecified atom stereocenters. The summed E-state index contributed by atoms with van der Waals surface area (Å²) < 4.78 is 10.4. The number of imide groups is 1. The Morgan fingerprint density at radius 3 is 2.30 bits per heavy atom. The Kier molecular flexibility index (Phi) is 6.24. The lowest BCUT2D eigenvalue weighted by Gasteiger charge is -2.22. The van der Waals surface area contributed by atoms with Gasteiger partial charge in [-0.25, -0.2) is 4.79 Å². The predicted molar refractivity (Wildman–Crippen MR) is 89.1 cm³/mol. The lowest BCUT2D eigenvalue weighted by atomic mass is 10.1. The first-order valence-electron chi connectivity index (χ1n) is 7.28. The molecule has 0 saturated heterocycles. The number of amides is 3. The van der Waals surface area contributed by atoms with E-state index < -0.39 is 23.5 Å². The fourth-order valence-electron chi connectivity index (χ4n) is 1.81. The van der Waals surface area contributed by atoms with E-state index in [9.17, 15) is 9.59 Å². The molecule has 7 heteroatoms. The quantitative estimate of drug-likeness (QED) is 0.772. The van der Waals surface area contributed by atoms with Gasteiger partial charge >= 0.3 is 6.03 Å². The molecule has 1 aromatic rings. The van der Waals surface area contributed by atoms with Gasteiger partial charge in [0.25, 0.3) is 0 Å². The van der Waals surface area contributed by atoms with Gasteiger partial charge in [-0.05, 0) is 39.8 Å². The van der Waals surface area contributed by atoms with Crippen LogP contribution in [0.2, 0.25) is 0 Å². The average Bonchev–Trinajstić information content (AvgIpc) is 2.45. The molecule has 23 heavy (non-hydrogen) atoms. The Morgan fingerprint density at radius 1 is 1.13 bits per heavy atom. The Labute approximate surface area is 136 Å². The molecule has 1 rings (SSSR count). The van der Waals surface area contributed by atoms with Gasteiger partial charge in [0, 0.05) is 11.6 Å². The molecule has 0 spiro atoms. The molecule has 0 radical (unpaired) electrons. The fourth-order valence-corrected chi connectivity index (χ4v) is 1.81. The molecule has 3 amide bonds. The SMILES string of the molecule is COc1ccc(N[C@H](C)C(=O)NC(=O)NC(C)(C)C)c(OC)c1. The van der Waals surface area contributed by atoms with E-state index in [2.05, 4.69) is 16.0 Å². The molecule has 3 N–H and O–H groups in total. The Balaban J connectivity index is 2.70. The monoisotopic (exact) mass is 323 g/mol. The van der Waals surface area contributed by atoms with Crippen molar-refractivity contribution in [2.24, 2.45) is 0 Å². The van der Waals surface area contributed by atoms with Crippen molar-refractivity contribution in [2.75, 3.05) is 19.5 Å². The summed E-state index contributed by atoms with van der Waals surface area (Å²) in [5.74, 6) is 0.752. The molecule has 0 aliphatic heterocycles. The Hall–Kier alpha value is -2.44. The summed E-state index contributed by atoms with van der Waals surface area (Å²) in [6.07, 6.45) is 0. The minimum Gasteiger partial charge on any atom is -0.497 e. The fraction of sp³-hybridized carbons (Fsp3) is 0.500. The van der Waals surface area contributed by atoms with Crippen molar-refractivity contribution in [1.29, 1.82) is 0 Å². The molecule has 0 aromatic heterocycles. The predicted octanol–water partition coefficient (Wildman–Crippen LogP) is 2.13. The van der Waals surface area contributed by atoms with Gasteiger partial charge in [0.15, 0.2) is 0 Å². The molecule has 1 atom stereocenters. The van der Waals surface area contributed by atoms with E-state index in [1.165, 1.54) is 7.11 Å². The van der Waals surface area contributed by atoms with Crippen LogP contribution < -0.4 is 25.4 Å². The third-order valence-electron chi connectivity index (χ3n) is 2.90. The summed E-state index contributed by atoms with van der Waals surface area (Å²) in [4.78, 5) is 23.8. The van der Waals surface area contributed by atoms with Crippen LogP contribution in [0.3, 0.4) is 0 Å². The second-order valence-corrected chi connectivity index (χ2v) is 6.13. The molecule has 0 aliphatic rings. The van der Waals surface area contributed by atoms with Crippen molar-refractivity contribution >= 4 is 17.6 Å². The van der Waals surface area contributed by atoms with E-state index in [0.717, 1.165) is 0 Å². The van der Waals surface area contributed by atoms with Crippen molar-refractivity contribution in [2.45, 2.75) is 39.3 Å². The molecule has 0 fully saturated rings. The van der Waals surface area contributed by atoms with E-state index in [-0.39, 0.29) is 0 Å². The van der Waals surface area contributed by atoms with Gasteiger partial charge in [-0.3, -0.25) is 10.1 Å². The highest BCUT2D eigenvalue weighted by Gasteiger charge is 2.20. The summed E-state index contributed by atoms with van der Waals surface area (Å²) >= 11 is 0. The highest BCUT2D eigenvalue weighted by atomic mass is 16.5. The first kappa shape index (κ1) is 18.6. The molecular formula is C16H25N3O4. The summed E-state index contributed by atoms with van der Waals surface area (Å²) in [6, 6.07) is 4.05. The number of anilines is 1. The van der Waals surface area contributed by atoms with Gasteiger partial charge in [0.05, 0.1) is 19.9 Å². The first-order chi connectivity index (χ1) is 10.7. The topological polar surface area (TPSA) is 88.7 Å². The summed E-state index contributed by atoms with van der Waals surface area (Å²) in [5, 5.41) is 7.97. The summed E-state index contributed by atoms with van der Waals surface area (Å²) in [7, 11) is 3.09. The van der Waals surface area contributed by atoms with Gasteiger partial charge in [-0.2, -0.15) is 0 Å². The van der Waals surface area contributed by atoms with Crippen molar-refractivity contribution in [1.82, 2.24) is 10.6 Å². The third-order valence-corrected chi connectivity index (χ3v) is 2.90. The largest absolute Gasteiger partial charge is 0.497 e. The van der Waals surface area contributed by atoms with E-state index in [4.69, 9.17) is 9.47 Å². The van der Waals surface area contributed by atoms with Gasteiger partial charge in [-0.1, -0.05) is 0 Å². The zero-order valence-electron chi connectivity index (χ0n) is 14.4. The Bertz CT molecular complexity index is 567. The maximum atomic E-state index is 12.1. The minimum atomic E-state index is -0.622. The smallest absolute Gasteiger partial charge is 0.321 e. The summed E-state index contributed by atoms with van der Waals surface area (Å²) in [5.41, 5.74) is 0.215. The molecule has 0 saturated carbocycles. The molecule has 128 valence electrons. The zero-order valence-corrected chi connectivity index (χ0v) is 14.4. The third kappa shape index (κ3) is 6.06. The van der Waals surface area contributed by atoms with Crippen LogP contribution in [0, 0.1) is 0 Å². The van der Waals surface area contributed by atoms with E-state index >= 15 is 0 Å². The Morgan fingerprint density at radius 2 is 1.78 bits per heavy atom. The maximum absolute atomic E-state index is 12.1. The number of hydrogen-bond acceptors (Lipinski definition) is 5. The zero-order chi connectivity index (χ0) is 17.6. The normalized spacial score (nSPS) is 12.1. The summed E-state index contributed by atoms with van der Waals surface area (Å²) in [6.45, 7) is 7.16. The van der Waals surface area contributed by atoms with Crippen molar-refractivity contribution in [3.63, 3.8) is 0 Å². The minimum absolute atomic E-state index is 0.416. The number of hydrogen-bond donors (Lipinski definition) is 3. The first-order valence-corrected chi connectivity index (χ1v) is 7.28. The van der Waals surface area contributed by atoms with E-state index in [1.54, 1.807) is 32.2 Å². The molecule has 0 heterocycles. The molecular weight excluding hydrogens is 298 g/mol. The van der Waals surface area contributed by atoms with E-state index in [0.29, 0.717) is 17.2 Å². The molecule has 0 bridgehead atoms. The number of methoxy groups -OCH3 is 2.